The van der Waals surface area contributed by atoms with Crippen LogP contribution >= 0.6 is 0 Å². The van der Waals surface area contributed by atoms with Gasteiger partial charge in [-0.1, -0.05) is 209 Å². The molecule has 0 aliphatic rings. The van der Waals surface area contributed by atoms with Crippen molar-refractivity contribution in [2.75, 3.05) is 59.6 Å². The molecule has 0 aliphatic carbocycles. The van der Waals surface area contributed by atoms with E-state index >= 15 is 0 Å². The van der Waals surface area contributed by atoms with Crippen LogP contribution in [0, 0.1) is 30.1 Å². The van der Waals surface area contributed by atoms with Crippen LogP contribution in [-0.2, 0) is 44.9 Å². The molecule has 0 aliphatic heterocycles. The largest absolute Gasteiger partial charge is 2.00 e. The third-order valence-corrected chi connectivity index (χ3v) is 12.4. The Balaban J connectivity index is -0.00000125. The summed E-state index contributed by atoms with van der Waals surface area (Å²) in [5.74, 6) is 2.62. The first kappa shape index (κ1) is 69.3. The Morgan fingerprint density at radius 3 is 1.15 bits per heavy atom. The van der Waals surface area contributed by atoms with Crippen LogP contribution in [0.2, 0.25) is 0 Å². The quantitative estimate of drug-likeness (QED) is 0.0279. The maximum Gasteiger partial charge on any atom is 2.00 e. The molecule has 0 aromatic rings. The van der Waals surface area contributed by atoms with Gasteiger partial charge in [-0.3, -0.25) is 11.2 Å². The zero-order valence-electron chi connectivity index (χ0n) is 45.3. The summed E-state index contributed by atoms with van der Waals surface area (Å²) < 4.78 is 10.0. The van der Waals surface area contributed by atoms with E-state index in [1.165, 1.54) is 206 Å². The minimum absolute atomic E-state index is 0. The summed E-state index contributed by atoms with van der Waals surface area (Å²) in [5.41, 5.74) is 7.60. The average molecular weight is 1110 g/mol. The number of nitrogens with zero attached hydrogens (tertiary/aromatic N) is 2. The predicted octanol–water partition coefficient (Wildman–Crippen LogP) is 15.0. The molecule has 0 aromatic carbocycles. The Bertz CT molecular complexity index is 969. The van der Waals surface area contributed by atoms with Crippen LogP contribution in [0.25, 0.3) is 5.73 Å². The second-order valence-electron chi connectivity index (χ2n) is 21.0. The fourth-order valence-electron chi connectivity index (χ4n) is 8.26. The van der Waals surface area contributed by atoms with Gasteiger partial charge in [-0.2, -0.15) is 0 Å². The van der Waals surface area contributed by atoms with Crippen molar-refractivity contribution in [2.45, 2.75) is 254 Å². The van der Waals surface area contributed by atoms with Gasteiger partial charge in [0.2, 0.25) is 0 Å². The average Bonchev–Trinajstić information content (AvgIpc) is 3.24. The molecule has 0 spiro atoms. The van der Waals surface area contributed by atoms with Gasteiger partial charge in [-0.25, -0.2) is 0 Å². The zero-order chi connectivity index (χ0) is 48.6. The van der Waals surface area contributed by atoms with Gasteiger partial charge in [0.25, 0.3) is 0 Å². The predicted molar refractivity (Wildman–Crippen MR) is 280 cm³/mol. The van der Waals surface area contributed by atoms with E-state index in [2.05, 4.69) is 70.5 Å². The summed E-state index contributed by atoms with van der Waals surface area (Å²) >= 11 is 0. The topological polar surface area (TPSA) is 112 Å². The molecular weight excluding hydrogens is 992 g/mol. The van der Waals surface area contributed by atoms with Crippen molar-refractivity contribution >= 4 is 18.2 Å². The molecule has 1 amide bonds. The third kappa shape index (κ3) is 57.3. The molecule has 9 nitrogen and oxygen atoms in total. The standard InChI is InChI=1S/C31H61N3O4.C25H51NO.W/c1-27(2)18-14-10-6-8-12-16-22-34(23-17-13-9-7-11-15-19-28(3)4)24-20-31(36)38-25-21-30(35)33-29(32)26-37-5;1-24(2)18-13-9-5-7-11-15-20-26(22-17-23-27)21-16-12-8-6-10-14-19-25(3)4;/h21,27-29,32H,6-20,22-26H2,1-5H3,(H,33,35);23-25H,5-22H2,1-4H3;/q-2;;+2. The van der Waals surface area contributed by atoms with Crippen molar-refractivity contribution in [1.29, 1.82) is 0 Å². The first-order valence-electron chi connectivity index (χ1n) is 27.7. The van der Waals surface area contributed by atoms with Crippen molar-refractivity contribution in [3.63, 3.8) is 0 Å². The van der Waals surface area contributed by atoms with E-state index in [0.29, 0.717) is 19.4 Å². The molecule has 66 heavy (non-hydrogen) atoms. The van der Waals surface area contributed by atoms with E-state index in [0.717, 1.165) is 49.6 Å². The molecule has 0 aromatic heterocycles. The van der Waals surface area contributed by atoms with Gasteiger partial charge < -0.3 is 39.9 Å². The van der Waals surface area contributed by atoms with Crippen LogP contribution in [0.4, 0.5) is 0 Å². The fraction of sp³-hybridized carbons (Fsp3) is 0.929. The number of rotatable bonds is 48. The summed E-state index contributed by atoms with van der Waals surface area (Å²) in [7, 11) is 1.48. The first-order chi connectivity index (χ1) is 31.3. The number of hydrogen-bond acceptors (Lipinski definition) is 7. The van der Waals surface area contributed by atoms with Gasteiger partial charge in [0.1, 0.15) is 6.29 Å². The molecule has 2 N–H and O–H groups in total. The summed E-state index contributed by atoms with van der Waals surface area (Å²) in [6, 6.07) is 0. The van der Waals surface area contributed by atoms with Crippen molar-refractivity contribution < 1.29 is 44.9 Å². The number of ether oxygens (including phenoxy) is 2. The van der Waals surface area contributed by atoms with Gasteiger partial charge >= 0.3 is 27.0 Å². The molecule has 1 atom stereocenters. The Labute approximate surface area is 425 Å². The summed E-state index contributed by atoms with van der Waals surface area (Å²) in [5, 5.41) is 2.45. The molecule has 10 heteroatoms. The van der Waals surface area contributed by atoms with E-state index in [4.69, 9.17) is 15.2 Å². The van der Waals surface area contributed by atoms with Crippen LogP contribution in [-0.4, -0.2) is 93.7 Å². The van der Waals surface area contributed by atoms with Crippen LogP contribution in [0.15, 0.2) is 0 Å². The first-order valence-corrected chi connectivity index (χ1v) is 27.7. The number of hydrogen-bond donors (Lipinski definition) is 1. The number of amides is 1. The molecule has 0 saturated carbocycles. The minimum atomic E-state index is -0.826. The Hall–Kier alpha value is -0.992. The second-order valence-corrected chi connectivity index (χ2v) is 21.0. The molecule has 392 valence electrons. The van der Waals surface area contributed by atoms with Crippen molar-refractivity contribution in [3.8, 4) is 0 Å². The molecular formula is C56H112N4O5W. The van der Waals surface area contributed by atoms with Crippen molar-refractivity contribution in [3.05, 3.63) is 12.2 Å². The fourth-order valence-corrected chi connectivity index (χ4v) is 8.26. The zero-order valence-corrected chi connectivity index (χ0v) is 48.2. The molecule has 0 bridgehead atoms. The van der Waals surface area contributed by atoms with E-state index in [-0.39, 0.29) is 40.2 Å². The van der Waals surface area contributed by atoms with Crippen molar-refractivity contribution in [1.82, 2.24) is 15.1 Å². The second kappa shape index (κ2) is 53.4. The van der Waals surface area contributed by atoms with Gasteiger partial charge in [-0.15, -0.1) is 0 Å². The van der Waals surface area contributed by atoms with Crippen LogP contribution in [0.1, 0.15) is 248 Å². The smallest absolute Gasteiger partial charge is 0.656 e. The number of unbranched alkanes of at least 4 members (excludes halogenated alkanes) is 20. The summed E-state index contributed by atoms with van der Waals surface area (Å²) in [4.78, 5) is 39.7. The van der Waals surface area contributed by atoms with Crippen LogP contribution < -0.4 is 5.32 Å². The van der Waals surface area contributed by atoms with Crippen LogP contribution in [0.3, 0.4) is 0 Å². The number of carbonyl (C=O) groups is 3. The number of esters is 1. The van der Waals surface area contributed by atoms with Gasteiger partial charge in [0.15, 0.2) is 0 Å². The van der Waals surface area contributed by atoms with E-state index < -0.39 is 12.1 Å². The number of carbonyl (C=O) groups excluding carboxylic acids is 3. The molecule has 0 fully saturated rings. The molecule has 0 rings (SSSR count). The van der Waals surface area contributed by atoms with E-state index in [9.17, 15) is 14.4 Å². The number of aldehydes is 1. The number of nitrogens with one attached hydrogen (secondary N) is 2. The van der Waals surface area contributed by atoms with E-state index in [1.54, 1.807) is 0 Å². The monoisotopic (exact) mass is 1100 g/mol. The number of methoxy groups -OCH3 is 1. The summed E-state index contributed by atoms with van der Waals surface area (Å²) in [6.07, 6.45) is 40.0. The van der Waals surface area contributed by atoms with Crippen LogP contribution in [0.5, 0.6) is 0 Å². The molecule has 0 saturated heterocycles. The van der Waals surface area contributed by atoms with Gasteiger partial charge in [0.05, 0.1) is 12.3 Å². The van der Waals surface area contributed by atoms with Gasteiger partial charge in [-0.05, 0) is 88.3 Å². The maximum atomic E-state index is 12.2. The SMILES string of the molecule is CC(C)CCCCCCCCN(CCC=O)CCCCCCCCC(C)C.COCC([NH-])NC(=O)[CH-]COC(=O)CCN(CCCCCCCCC(C)C)CCCCCCCCC(C)C.[W+2]. The Morgan fingerprint density at radius 2 is 0.833 bits per heavy atom. The molecule has 0 radical (unpaired) electrons. The molecule has 0 heterocycles. The van der Waals surface area contributed by atoms with Crippen molar-refractivity contribution in [2.24, 2.45) is 23.7 Å². The summed E-state index contributed by atoms with van der Waals surface area (Å²) in [6.45, 7) is 24.6. The minimum Gasteiger partial charge on any atom is -0.656 e. The van der Waals surface area contributed by atoms with E-state index in [1.807, 2.05) is 0 Å². The molecule has 1 unspecified atom stereocenters. The van der Waals surface area contributed by atoms with Gasteiger partial charge in [0, 0.05) is 33.2 Å². The maximum absolute atomic E-state index is 12.2. The Morgan fingerprint density at radius 1 is 0.515 bits per heavy atom. The Kier molecular flexibility index (Phi) is 56.0. The normalized spacial score (nSPS) is 11.9. The third-order valence-electron chi connectivity index (χ3n) is 12.4.